The van der Waals surface area contributed by atoms with Crippen molar-refractivity contribution in [2.24, 2.45) is 0 Å². The molecular formula is C15H14ClN5S. The van der Waals surface area contributed by atoms with Gasteiger partial charge in [0.1, 0.15) is 0 Å². The van der Waals surface area contributed by atoms with E-state index in [0.29, 0.717) is 11.0 Å². The number of aromatic nitrogens is 3. The Bertz CT molecular complexity index is 785. The van der Waals surface area contributed by atoms with Gasteiger partial charge in [0.2, 0.25) is 5.95 Å². The number of nitrogens with zero attached hydrogens (tertiary/aromatic N) is 3. The van der Waals surface area contributed by atoms with Crippen molar-refractivity contribution in [3.05, 3.63) is 47.2 Å². The van der Waals surface area contributed by atoms with Crippen LogP contribution in [0.2, 0.25) is 5.02 Å². The van der Waals surface area contributed by atoms with E-state index in [1.165, 1.54) is 0 Å². The van der Waals surface area contributed by atoms with E-state index >= 15 is 0 Å². The number of halogens is 1. The van der Waals surface area contributed by atoms with Crippen LogP contribution in [0.3, 0.4) is 0 Å². The molecule has 0 spiro atoms. The molecule has 7 heteroatoms. The summed E-state index contributed by atoms with van der Waals surface area (Å²) in [5.74, 6) is 0.540. The third-order valence-corrected chi connectivity index (χ3v) is 4.45. The lowest BCUT2D eigenvalue weighted by Crippen LogP contribution is -1.97. The van der Waals surface area contributed by atoms with Crippen molar-refractivity contribution in [3.63, 3.8) is 0 Å². The van der Waals surface area contributed by atoms with E-state index in [-0.39, 0.29) is 0 Å². The van der Waals surface area contributed by atoms with E-state index in [0.717, 1.165) is 27.1 Å². The number of rotatable bonds is 4. The van der Waals surface area contributed by atoms with Gasteiger partial charge >= 0.3 is 0 Å². The SMILES string of the molecule is CNc1nc(C)c(-c2ccnc(Nc3ccc(Cl)cc3)n2)s1. The lowest BCUT2D eigenvalue weighted by molar-refractivity contribution is 1.16. The molecule has 3 aromatic rings. The van der Waals surface area contributed by atoms with Crippen LogP contribution in [-0.4, -0.2) is 22.0 Å². The van der Waals surface area contributed by atoms with Crippen LogP contribution in [0, 0.1) is 6.92 Å². The molecule has 0 aliphatic heterocycles. The third-order valence-electron chi connectivity index (χ3n) is 3.00. The summed E-state index contributed by atoms with van der Waals surface area (Å²) in [4.78, 5) is 14.3. The van der Waals surface area contributed by atoms with Crippen LogP contribution in [0.1, 0.15) is 5.69 Å². The van der Waals surface area contributed by atoms with Gasteiger partial charge in [-0.1, -0.05) is 22.9 Å². The minimum Gasteiger partial charge on any atom is -0.365 e. The van der Waals surface area contributed by atoms with Crippen LogP contribution in [-0.2, 0) is 0 Å². The van der Waals surface area contributed by atoms with E-state index in [1.54, 1.807) is 17.5 Å². The Balaban J connectivity index is 1.88. The van der Waals surface area contributed by atoms with Crippen molar-refractivity contribution in [2.75, 3.05) is 17.7 Å². The Morgan fingerprint density at radius 1 is 1.09 bits per heavy atom. The molecule has 0 aliphatic carbocycles. The van der Waals surface area contributed by atoms with Gasteiger partial charge in [-0.05, 0) is 37.3 Å². The predicted molar refractivity (Wildman–Crippen MR) is 92.2 cm³/mol. The fourth-order valence-corrected chi connectivity index (χ4v) is 2.96. The molecule has 0 bridgehead atoms. The molecule has 0 fully saturated rings. The highest BCUT2D eigenvalue weighted by atomic mass is 35.5. The molecule has 0 atom stereocenters. The van der Waals surface area contributed by atoms with E-state index in [4.69, 9.17) is 11.6 Å². The molecule has 0 unspecified atom stereocenters. The highest BCUT2D eigenvalue weighted by Gasteiger charge is 2.11. The second-order valence-electron chi connectivity index (χ2n) is 4.58. The van der Waals surface area contributed by atoms with Gasteiger partial charge in [0.25, 0.3) is 0 Å². The Morgan fingerprint density at radius 3 is 2.55 bits per heavy atom. The van der Waals surface area contributed by atoms with Crippen molar-refractivity contribution >= 4 is 39.7 Å². The Labute approximate surface area is 137 Å². The van der Waals surface area contributed by atoms with Crippen LogP contribution in [0.4, 0.5) is 16.8 Å². The van der Waals surface area contributed by atoms with Crippen LogP contribution in [0.5, 0.6) is 0 Å². The van der Waals surface area contributed by atoms with Crippen LogP contribution >= 0.6 is 22.9 Å². The molecule has 22 heavy (non-hydrogen) atoms. The average Bonchev–Trinajstić information content (AvgIpc) is 2.91. The van der Waals surface area contributed by atoms with E-state index in [2.05, 4.69) is 25.6 Å². The second kappa shape index (κ2) is 6.29. The van der Waals surface area contributed by atoms with Gasteiger partial charge in [-0.2, -0.15) is 0 Å². The molecule has 0 radical (unpaired) electrons. The zero-order chi connectivity index (χ0) is 15.5. The molecule has 5 nitrogen and oxygen atoms in total. The van der Waals surface area contributed by atoms with E-state index in [1.807, 2.05) is 44.3 Å². The van der Waals surface area contributed by atoms with Gasteiger partial charge in [0.05, 0.1) is 16.3 Å². The maximum absolute atomic E-state index is 5.88. The van der Waals surface area contributed by atoms with E-state index < -0.39 is 0 Å². The largest absolute Gasteiger partial charge is 0.365 e. The topological polar surface area (TPSA) is 62.7 Å². The molecule has 112 valence electrons. The molecular weight excluding hydrogens is 318 g/mol. The smallest absolute Gasteiger partial charge is 0.227 e. The Hall–Kier alpha value is -2.18. The quantitative estimate of drug-likeness (QED) is 0.744. The van der Waals surface area contributed by atoms with Crippen molar-refractivity contribution in [2.45, 2.75) is 6.92 Å². The number of nitrogens with one attached hydrogen (secondary N) is 2. The van der Waals surface area contributed by atoms with Crippen LogP contribution in [0.15, 0.2) is 36.5 Å². The van der Waals surface area contributed by atoms with Gasteiger partial charge in [-0.3, -0.25) is 0 Å². The second-order valence-corrected chi connectivity index (χ2v) is 6.02. The molecule has 2 aromatic heterocycles. The third kappa shape index (κ3) is 3.18. The predicted octanol–water partition coefficient (Wildman–Crippen LogP) is 4.35. The highest BCUT2D eigenvalue weighted by molar-refractivity contribution is 7.19. The zero-order valence-electron chi connectivity index (χ0n) is 12.1. The van der Waals surface area contributed by atoms with Gasteiger partial charge in [-0.25, -0.2) is 15.0 Å². The van der Waals surface area contributed by atoms with Gasteiger partial charge in [-0.15, -0.1) is 0 Å². The Kier molecular flexibility index (Phi) is 4.22. The zero-order valence-corrected chi connectivity index (χ0v) is 13.7. The summed E-state index contributed by atoms with van der Waals surface area (Å²) >= 11 is 7.45. The molecule has 2 N–H and O–H groups in total. The fraction of sp³-hybridized carbons (Fsp3) is 0.133. The van der Waals surface area contributed by atoms with Crippen molar-refractivity contribution < 1.29 is 0 Å². The number of thiazole rings is 1. The molecule has 3 rings (SSSR count). The van der Waals surface area contributed by atoms with Crippen LogP contribution in [0.25, 0.3) is 10.6 Å². The molecule has 0 aliphatic rings. The molecule has 0 saturated carbocycles. The first-order chi connectivity index (χ1) is 10.7. The highest BCUT2D eigenvalue weighted by Crippen LogP contribution is 2.31. The molecule has 0 saturated heterocycles. The number of aryl methyl sites for hydroxylation is 1. The maximum Gasteiger partial charge on any atom is 0.227 e. The van der Waals surface area contributed by atoms with Crippen molar-refractivity contribution in [3.8, 4) is 10.6 Å². The lowest BCUT2D eigenvalue weighted by atomic mass is 10.3. The molecule has 1 aromatic carbocycles. The molecule has 0 amide bonds. The minimum absolute atomic E-state index is 0.540. The maximum atomic E-state index is 5.88. The standard InChI is InChI=1S/C15H14ClN5S/c1-9-13(22-15(17-2)19-9)12-7-8-18-14(21-12)20-11-5-3-10(16)4-6-11/h3-8H,1-2H3,(H,17,19)(H,18,20,21). The van der Waals surface area contributed by atoms with E-state index in [9.17, 15) is 0 Å². The first kappa shape index (κ1) is 14.7. The van der Waals surface area contributed by atoms with Gasteiger partial charge < -0.3 is 10.6 Å². The minimum atomic E-state index is 0.540. The number of hydrogen-bond acceptors (Lipinski definition) is 6. The van der Waals surface area contributed by atoms with Gasteiger partial charge in [0.15, 0.2) is 5.13 Å². The van der Waals surface area contributed by atoms with Crippen LogP contribution < -0.4 is 10.6 Å². The fourth-order valence-electron chi connectivity index (χ4n) is 1.95. The molecule has 2 heterocycles. The van der Waals surface area contributed by atoms with Crippen molar-refractivity contribution in [1.82, 2.24) is 15.0 Å². The summed E-state index contributed by atoms with van der Waals surface area (Å²) in [6, 6.07) is 9.29. The normalized spacial score (nSPS) is 10.5. The summed E-state index contributed by atoms with van der Waals surface area (Å²) < 4.78 is 0. The number of anilines is 3. The summed E-state index contributed by atoms with van der Waals surface area (Å²) in [6.07, 6.45) is 1.73. The monoisotopic (exact) mass is 331 g/mol. The first-order valence-corrected chi connectivity index (χ1v) is 7.86. The van der Waals surface area contributed by atoms with Gasteiger partial charge in [0, 0.05) is 24.0 Å². The number of hydrogen-bond donors (Lipinski definition) is 2. The summed E-state index contributed by atoms with van der Waals surface area (Å²) in [5, 5.41) is 7.79. The van der Waals surface area contributed by atoms with Crippen molar-refractivity contribution in [1.29, 1.82) is 0 Å². The number of benzene rings is 1. The Morgan fingerprint density at radius 2 is 1.86 bits per heavy atom. The first-order valence-electron chi connectivity index (χ1n) is 6.67. The average molecular weight is 332 g/mol. The lowest BCUT2D eigenvalue weighted by Gasteiger charge is -2.06. The summed E-state index contributed by atoms with van der Waals surface area (Å²) in [7, 11) is 1.86. The summed E-state index contributed by atoms with van der Waals surface area (Å²) in [5.41, 5.74) is 2.69. The summed E-state index contributed by atoms with van der Waals surface area (Å²) in [6.45, 7) is 1.97.